The number of nitrogens with zero attached hydrogens (tertiary/aromatic N) is 1. The van der Waals surface area contributed by atoms with Crippen LogP contribution in [0.4, 0.5) is 0 Å². The lowest BCUT2D eigenvalue weighted by Crippen LogP contribution is -1.77. The van der Waals surface area contributed by atoms with Gasteiger partial charge in [0.25, 0.3) is 0 Å². The second-order valence-electron chi connectivity index (χ2n) is 2.64. The Hall–Kier alpha value is -1.51. The van der Waals surface area contributed by atoms with E-state index in [0.717, 1.165) is 23.0 Å². The summed E-state index contributed by atoms with van der Waals surface area (Å²) in [6, 6.07) is 0. The molecule has 0 fully saturated rings. The first-order chi connectivity index (χ1) is 5.83. The molecule has 0 aliphatic heterocycles. The Morgan fingerprint density at radius 3 is 3.08 bits per heavy atom. The standard InChI is InChI=1S/C9H9NO2/c1-2-8-9-6(5-12-8)3-10-4-7(9)11/h3-5,11H,2H2,1H3. The SMILES string of the molecule is CCc1occ2cncc(O)c12. The number of fused-ring (bicyclic) bond motifs is 1. The molecule has 1 N–H and O–H groups in total. The van der Waals surface area contributed by atoms with E-state index in [1.165, 1.54) is 6.20 Å². The molecule has 0 saturated carbocycles. The highest BCUT2D eigenvalue weighted by atomic mass is 16.3. The molecule has 0 aliphatic carbocycles. The third kappa shape index (κ3) is 0.863. The van der Waals surface area contributed by atoms with Gasteiger partial charge in [-0.05, 0) is 0 Å². The van der Waals surface area contributed by atoms with Gasteiger partial charge < -0.3 is 9.52 Å². The predicted octanol–water partition coefficient (Wildman–Crippen LogP) is 2.10. The molecule has 0 aliphatic rings. The van der Waals surface area contributed by atoms with Crippen molar-refractivity contribution in [3.8, 4) is 5.75 Å². The van der Waals surface area contributed by atoms with E-state index >= 15 is 0 Å². The number of aromatic hydroxyl groups is 1. The molecular weight excluding hydrogens is 154 g/mol. The van der Waals surface area contributed by atoms with Crippen LogP contribution in [0.15, 0.2) is 23.1 Å². The second-order valence-corrected chi connectivity index (χ2v) is 2.64. The smallest absolute Gasteiger partial charge is 0.145 e. The van der Waals surface area contributed by atoms with Crippen LogP contribution in [0.1, 0.15) is 12.7 Å². The van der Waals surface area contributed by atoms with Gasteiger partial charge in [0.15, 0.2) is 0 Å². The zero-order valence-corrected chi connectivity index (χ0v) is 6.74. The van der Waals surface area contributed by atoms with Crippen molar-refractivity contribution in [3.63, 3.8) is 0 Å². The minimum atomic E-state index is 0.193. The summed E-state index contributed by atoms with van der Waals surface area (Å²) in [5.74, 6) is 1.00. The summed E-state index contributed by atoms with van der Waals surface area (Å²) in [6.07, 6.45) is 5.50. The van der Waals surface area contributed by atoms with Gasteiger partial charge in [0.2, 0.25) is 0 Å². The summed E-state index contributed by atoms with van der Waals surface area (Å²) in [6.45, 7) is 1.98. The van der Waals surface area contributed by atoms with Crippen molar-refractivity contribution in [1.29, 1.82) is 0 Å². The molecule has 0 atom stereocenters. The zero-order chi connectivity index (χ0) is 8.55. The average Bonchev–Trinajstić information content (AvgIpc) is 2.49. The molecule has 0 radical (unpaired) electrons. The van der Waals surface area contributed by atoms with E-state index in [1.807, 2.05) is 6.92 Å². The van der Waals surface area contributed by atoms with Crippen LogP contribution in [0.3, 0.4) is 0 Å². The summed E-state index contributed by atoms with van der Waals surface area (Å²) < 4.78 is 5.25. The highest BCUT2D eigenvalue weighted by Gasteiger charge is 2.07. The lowest BCUT2D eigenvalue weighted by atomic mass is 10.2. The number of furan rings is 1. The average molecular weight is 163 g/mol. The Labute approximate surface area is 69.7 Å². The molecule has 62 valence electrons. The first-order valence-electron chi connectivity index (χ1n) is 3.86. The van der Waals surface area contributed by atoms with Gasteiger partial charge in [0.1, 0.15) is 17.8 Å². The summed E-state index contributed by atoms with van der Waals surface area (Å²) in [5, 5.41) is 11.1. The minimum Gasteiger partial charge on any atom is -0.506 e. The molecule has 3 nitrogen and oxygen atoms in total. The molecule has 0 spiro atoms. The van der Waals surface area contributed by atoms with Crippen molar-refractivity contribution >= 4 is 10.8 Å². The Morgan fingerprint density at radius 1 is 1.50 bits per heavy atom. The van der Waals surface area contributed by atoms with Crippen LogP contribution in [-0.4, -0.2) is 10.1 Å². The molecule has 2 heterocycles. The van der Waals surface area contributed by atoms with Gasteiger partial charge in [-0.1, -0.05) is 6.92 Å². The quantitative estimate of drug-likeness (QED) is 0.700. The fourth-order valence-corrected chi connectivity index (χ4v) is 1.31. The van der Waals surface area contributed by atoms with Crippen LogP contribution in [-0.2, 0) is 6.42 Å². The number of hydrogen-bond acceptors (Lipinski definition) is 3. The van der Waals surface area contributed by atoms with E-state index in [1.54, 1.807) is 12.5 Å². The molecule has 0 bridgehead atoms. The van der Waals surface area contributed by atoms with Crippen LogP contribution in [0.25, 0.3) is 10.8 Å². The molecule has 0 saturated heterocycles. The van der Waals surface area contributed by atoms with E-state index < -0.39 is 0 Å². The highest BCUT2D eigenvalue weighted by Crippen LogP contribution is 2.28. The third-order valence-corrected chi connectivity index (χ3v) is 1.88. The first kappa shape index (κ1) is 7.16. The molecule has 0 amide bonds. The van der Waals surface area contributed by atoms with Gasteiger partial charge in [0.05, 0.1) is 11.6 Å². The molecule has 2 aromatic heterocycles. The van der Waals surface area contributed by atoms with Crippen LogP contribution in [0, 0.1) is 0 Å². The minimum absolute atomic E-state index is 0.193. The Kier molecular flexibility index (Phi) is 1.50. The topological polar surface area (TPSA) is 46.3 Å². The molecule has 2 aromatic rings. The van der Waals surface area contributed by atoms with E-state index in [-0.39, 0.29) is 5.75 Å². The Balaban J connectivity index is 2.83. The molecule has 3 heteroatoms. The van der Waals surface area contributed by atoms with Crippen molar-refractivity contribution in [2.24, 2.45) is 0 Å². The van der Waals surface area contributed by atoms with Gasteiger partial charge in [0, 0.05) is 18.0 Å². The maximum atomic E-state index is 9.45. The van der Waals surface area contributed by atoms with E-state index in [0.29, 0.717) is 0 Å². The maximum absolute atomic E-state index is 9.45. The van der Waals surface area contributed by atoms with Crippen molar-refractivity contribution in [2.75, 3.05) is 0 Å². The van der Waals surface area contributed by atoms with Crippen molar-refractivity contribution in [3.05, 3.63) is 24.4 Å². The van der Waals surface area contributed by atoms with E-state index in [2.05, 4.69) is 4.98 Å². The van der Waals surface area contributed by atoms with Gasteiger partial charge in [-0.25, -0.2) is 0 Å². The van der Waals surface area contributed by atoms with Crippen molar-refractivity contribution in [1.82, 2.24) is 4.98 Å². The largest absolute Gasteiger partial charge is 0.506 e. The summed E-state index contributed by atoms with van der Waals surface area (Å²) >= 11 is 0. The van der Waals surface area contributed by atoms with Gasteiger partial charge in [-0.15, -0.1) is 0 Å². The zero-order valence-electron chi connectivity index (χ0n) is 6.74. The summed E-state index contributed by atoms with van der Waals surface area (Å²) in [5.41, 5.74) is 0. The normalized spacial score (nSPS) is 10.8. The highest BCUT2D eigenvalue weighted by molar-refractivity contribution is 5.88. The van der Waals surface area contributed by atoms with Gasteiger partial charge >= 0.3 is 0 Å². The van der Waals surface area contributed by atoms with Gasteiger partial charge in [-0.2, -0.15) is 0 Å². The lowest BCUT2D eigenvalue weighted by Gasteiger charge is -1.94. The lowest BCUT2D eigenvalue weighted by molar-refractivity contribution is 0.475. The third-order valence-electron chi connectivity index (χ3n) is 1.88. The number of aryl methyl sites for hydroxylation is 1. The van der Waals surface area contributed by atoms with Crippen LogP contribution < -0.4 is 0 Å². The Morgan fingerprint density at radius 2 is 2.33 bits per heavy atom. The second kappa shape index (κ2) is 2.52. The summed E-state index contributed by atoms with van der Waals surface area (Å²) in [7, 11) is 0. The molecule has 12 heavy (non-hydrogen) atoms. The fourth-order valence-electron chi connectivity index (χ4n) is 1.31. The number of aromatic nitrogens is 1. The van der Waals surface area contributed by atoms with Crippen LogP contribution in [0.5, 0.6) is 5.75 Å². The fraction of sp³-hybridized carbons (Fsp3) is 0.222. The van der Waals surface area contributed by atoms with Crippen LogP contribution >= 0.6 is 0 Å². The maximum Gasteiger partial charge on any atom is 0.145 e. The predicted molar refractivity (Wildman–Crippen MR) is 45.1 cm³/mol. The molecule has 0 aromatic carbocycles. The summed E-state index contributed by atoms with van der Waals surface area (Å²) in [4.78, 5) is 3.85. The number of hydrogen-bond donors (Lipinski definition) is 1. The molecule has 2 rings (SSSR count). The molecular formula is C9H9NO2. The Bertz CT molecular complexity index is 406. The van der Waals surface area contributed by atoms with E-state index in [9.17, 15) is 5.11 Å². The van der Waals surface area contributed by atoms with Crippen molar-refractivity contribution in [2.45, 2.75) is 13.3 Å². The van der Waals surface area contributed by atoms with Crippen molar-refractivity contribution < 1.29 is 9.52 Å². The number of pyridine rings is 1. The van der Waals surface area contributed by atoms with E-state index in [4.69, 9.17) is 4.42 Å². The first-order valence-corrected chi connectivity index (χ1v) is 3.86. The monoisotopic (exact) mass is 163 g/mol. The van der Waals surface area contributed by atoms with Crippen LogP contribution in [0.2, 0.25) is 0 Å². The molecule has 0 unspecified atom stereocenters. The number of rotatable bonds is 1. The van der Waals surface area contributed by atoms with Gasteiger partial charge in [-0.3, -0.25) is 4.98 Å².